The van der Waals surface area contributed by atoms with Crippen LogP contribution >= 0.6 is 0 Å². The fourth-order valence-electron chi connectivity index (χ4n) is 1.84. The van der Waals surface area contributed by atoms with E-state index >= 15 is 0 Å². The zero-order chi connectivity index (χ0) is 12.7. The van der Waals surface area contributed by atoms with Crippen LogP contribution in [0.1, 0.15) is 25.7 Å². The van der Waals surface area contributed by atoms with E-state index in [1.165, 1.54) is 0 Å². The fraction of sp³-hybridized carbons (Fsp3) is 0.818. The molecule has 98 valence electrons. The van der Waals surface area contributed by atoms with Gasteiger partial charge in [-0.3, -0.25) is 9.59 Å². The van der Waals surface area contributed by atoms with Crippen LogP contribution in [-0.2, 0) is 14.3 Å². The lowest BCUT2D eigenvalue weighted by atomic mass is 10.1. The summed E-state index contributed by atoms with van der Waals surface area (Å²) < 4.78 is 5.30. The molecular formula is C11H20N2O4. The highest BCUT2D eigenvalue weighted by molar-refractivity contribution is 5.76. The first-order valence-electron chi connectivity index (χ1n) is 5.94. The summed E-state index contributed by atoms with van der Waals surface area (Å²) in [6.07, 6.45) is 1.69. The number of carboxylic acids is 1. The number of hydrogen-bond acceptors (Lipinski definition) is 4. The van der Waals surface area contributed by atoms with E-state index in [1.807, 2.05) is 0 Å². The molecule has 1 aliphatic heterocycles. The molecule has 3 N–H and O–H groups in total. The van der Waals surface area contributed by atoms with Gasteiger partial charge < -0.3 is 20.5 Å². The number of morpholine rings is 1. The van der Waals surface area contributed by atoms with Crippen LogP contribution in [0, 0.1) is 0 Å². The number of unbranched alkanes of at least 4 members (excludes halogenated alkanes) is 1. The van der Waals surface area contributed by atoms with Gasteiger partial charge in [-0.05, 0) is 19.4 Å². The quantitative estimate of drug-likeness (QED) is 0.632. The van der Waals surface area contributed by atoms with Crippen molar-refractivity contribution in [1.29, 1.82) is 0 Å². The molecule has 6 nitrogen and oxygen atoms in total. The van der Waals surface area contributed by atoms with Crippen LogP contribution in [0.4, 0.5) is 0 Å². The number of hydrogen-bond donors (Lipinski definition) is 2. The summed E-state index contributed by atoms with van der Waals surface area (Å²) in [6, 6.07) is 0. The Balaban J connectivity index is 2.32. The molecule has 0 radical (unpaired) electrons. The van der Waals surface area contributed by atoms with Crippen LogP contribution in [0.5, 0.6) is 0 Å². The molecule has 0 bridgehead atoms. The number of carboxylic acid groups (broad SMARTS) is 1. The smallest absolute Gasteiger partial charge is 0.306 e. The normalized spacial score (nSPS) is 20.3. The van der Waals surface area contributed by atoms with Crippen LogP contribution in [-0.4, -0.2) is 54.2 Å². The largest absolute Gasteiger partial charge is 0.481 e. The van der Waals surface area contributed by atoms with E-state index in [-0.39, 0.29) is 18.4 Å². The second-order valence-electron chi connectivity index (χ2n) is 4.18. The molecule has 1 atom stereocenters. The minimum atomic E-state index is -0.896. The number of aliphatic carboxylic acids is 1. The molecule has 1 rings (SSSR count). The molecule has 6 heteroatoms. The number of carbonyl (C=O) groups excluding carboxylic acids is 1. The second kappa shape index (κ2) is 7.24. The third-order valence-corrected chi connectivity index (χ3v) is 2.74. The van der Waals surface area contributed by atoms with Crippen molar-refractivity contribution in [2.75, 3.05) is 26.2 Å². The lowest BCUT2D eigenvalue weighted by Crippen LogP contribution is -2.46. The molecule has 17 heavy (non-hydrogen) atoms. The predicted molar refractivity (Wildman–Crippen MR) is 61.5 cm³/mol. The van der Waals surface area contributed by atoms with Gasteiger partial charge in [0.2, 0.25) is 5.91 Å². The average Bonchev–Trinajstić information content (AvgIpc) is 2.28. The Labute approximate surface area is 101 Å². The Bertz CT molecular complexity index is 270. The van der Waals surface area contributed by atoms with Gasteiger partial charge in [0.1, 0.15) is 0 Å². The fourth-order valence-corrected chi connectivity index (χ4v) is 1.84. The van der Waals surface area contributed by atoms with Crippen LogP contribution in [0.2, 0.25) is 0 Å². The Hall–Kier alpha value is -1.14. The average molecular weight is 244 g/mol. The van der Waals surface area contributed by atoms with Gasteiger partial charge in [0.05, 0.1) is 19.1 Å². The van der Waals surface area contributed by atoms with Crippen molar-refractivity contribution < 1.29 is 19.4 Å². The maximum Gasteiger partial charge on any atom is 0.306 e. The predicted octanol–water partition coefficient (Wildman–Crippen LogP) is -0.182. The summed E-state index contributed by atoms with van der Waals surface area (Å²) in [5.74, 6) is -0.829. The van der Waals surface area contributed by atoms with Crippen LogP contribution in [0.3, 0.4) is 0 Å². The van der Waals surface area contributed by atoms with E-state index in [2.05, 4.69) is 0 Å². The first kappa shape index (κ1) is 13.9. The van der Waals surface area contributed by atoms with Gasteiger partial charge in [-0.15, -0.1) is 0 Å². The van der Waals surface area contributed by atoms with Gasteiger partial charge in [0, 0.05) is 19.5 Å². The van der Waals surface area contributed by atoms with Gasteiger partial charge >= 0.3 is 5.97 Å². The Morgan fingerprint density at radius 3 is 2.82 bits per heavy atom. The summed E-state index contributed by atoms with van der Waals surface area (Å²) in [4.78, 5) is 24.0. The monoisotopic (exact) mass is 244 g/mol. The summed E-state index contributed by atoms with van der Waals surface area (Å²) in [7, 11) is 0. The molecule has 0 spiro atoms. The van der Waals surface area contributed by atoms with E-state index in [4.69, 9.17) is 15.6 Å². The van der Waals surface area contributed by atoms with Gasteiger partial charge in [0.15, 0.2) is 0 Å². The highest BCUT2D eigenvalue weighted by atomic mass is 16.5. The summed E-state index contributed by atoms with van der Waals surface area (Å²) >= 11 is 0. The molecule has 0 saturated carbocycles. The van der Waals surface area contributed by atoms with Crippen LogP contribution in [0.25, 0.3) is 0 Å². The zero-order valence-electron chi connectivity index (χ0n) is 9.93. The summed E-state index contributed by atoms with van der Waals surface area (Å²) in [6.45, 7) is 1.95. The van der Waals surface area contributed by atoms with Gasteiger partial charge in [-0.25, -0.2) is 0 Å². The molecule has 0 aliphatic carbocycles. The van der Waals surface area contributed by atoms with Gasteiger partial charge in [-0.1, -0.05) is 0 Å². The second-order valence-corrected chi connectivity index (χ2v) is 4.18. The van der Waals surface area contributed by atoms with Crippen LogP contribution < -0.4 is 5.73 Å². The van der Waals surface area contributed by atoms with Crippen LogP contribution in [0.15, 0.2) is 0 Å². The highest BCUT2D eigenvalue weighted by Gasteiger charge is 2.25. The van der Waals surface area contributed by atoms with Crippen molar-refractivity contribution >= 4 is 11.9 Å². The Morgan fingerprint density at radius 1 is 1.41 bits per heavy atom. The molecule has 1 unspecified atom stereocenters. The first-order chi connectivity index (χ1) is 8.13. The van der Waals surface area contributed by atoms with Crippen molar-refractivity contribution in [2.24, 2.45) is 5.73 Å². The molecular weight excluding hydrogens is 224 g/mol. The number of nitrogens with zero attached hydrogens (tertiary/aromatic N) is 1. The number of rotatable bonds is 6. The maximum atomic E-state index is 11.8. The standard InChI is InChI=1S/C11H20N2O4/c12-4-2-1-3-10(14)13-5-6-17-9(8-13)7-11(15)16/h9H,1-8,12H2,(H,15,16). The molecule has 1 heterocycles. The van der Waals surface area contributed by atoms with Crippen molar-refractivity contribution in [1.82, 2.24) is 4.90 Å². The van der Waals surface area contributed by atoms with Crippen molar-refractivity contribution in [3.05, 3.63) is 0 Å². The van der Waals surface area contributed by atoms with E-state index in [9.17, 15) is 9.59 Å². The first-order valence-corrected chi connectivity index (χ1v) is 5.94. The van der Waals surface area contributed by atoms with Crippen molar-refractivity contribution in [3.8, 4) is 0 Å². The minimum absolute atomic E-state index is 0.0490. The minimum Gasteiger partial charge on any atom is -0.481 e. The van der Waals surface area contributed by atoms with Crippen molar-refractivity contribution in [2.45, 2.75) is 31.8 Å². The Kier molecular flexibility index (Phi) is 5.93. The van der Waals surface area contributed by atoms with E-state index in [0.29, 0.717) is 32.7 Å². The molecule has 1 amide bonds. The summed E-state index contributed by atoms with van der Waals surface area (Å²) in [5, 5.41) is 8.67. The third kappa shape index (κ3) is 5.14. The summed E-state index contributed by atoms with van der Waals surface area (Å²) in [5.41, 5.74) is 5.36. The van der Waals surface area contributed by atoms with Gasteiger partial charge in [0.25, 0.3) is 0 Å². The topological polar surface area (TPSA) is 92.9 Å². The number of carbonyl (C=O) groups is 2. The lowest BCUT2D eigenvalue weighted by Gasteiger charge is -2.32. The van der Waals surface area contributed by atoms with Crippen molar-refractivity contribution in [3.63, 3.8) is 0 Å². The van der Waals surface area contributed by atoms with E-state index in [1.54, 1.807) is 4.90 Å². The highest BCUT2D eigenvalue weighted by Crippen LogP contribution is 2.11. The van der Waals surface area contributed by atoms with E-state index < -0.39 is 5.97 Å². The maximum absolute atomic E-state index is 11.8. The molecule has 0 aromatic heterocycles. The van der Waals surface area contributed by atoms with Gasteiger partial charge in [-0.2, -0.15) is 0 Å². The number of amides is 1. The third-order valence-electron chi connectivity index (χ3n) is 2.74. The number of nitrogens with two attached hydrogens (primary N) is 1. The molecule has 0 aromatic carbocycles. The Morgan fingerprint density at radius 2 is 2.18 bits per heavy atom. The van der Waals surface area contributed by atoms with E-state index in [0.717, 1.165) is 12.8 Å². The molecule has 1 fully saturated rings. The zero-order valence-corrected chi connectivity index (χ0v) is 9.93. The lowest BCUT2D eigenvalue weighted by molar-refractivity contribution is -0.147. The molecule has 0 aromatic rings. The number of ether oxygens (including phenoxy) is 1. The SMILES string of the molecule is NCCCCC(=O)N1CCOC(CC(=O)O)C1. The molecule has 1 saturated heterocycles. The molecule has 1 aliphatic rings.